The van der Waals surface area contributed by atoms with Gasteiger partial charge in [-0.05, 0) is 77.4 Å². The van der Waals surface area contributed by atoms with Gasteiger partial charge in [0.15, 0.2) is 0 Å². The highest BCUT2D eigenvalue weighted by molar-refractivity contribution is 7.25. The first-order valence-electron chi connectivity index (χ1n) is 17.4. The maximum atomic E-state index is 10.5. The van der Waals surface area contributed by atoms with Crippen molar-refractivity contribution in [3.05, 3.63) is 181 Å². The molecule has 4 heteroatoms. The van der Waals surface area contributed by atoms with E-state index in [9.17, 15) is 5.26 Å². The second kappa shape index (κ2) is 12.2. The van der Waals surface area contributed by atoms with Crippen molar-refractivity contribution in [2.45, 2.75) is 0 Å². The van der Waals surface area contributed by atoms with E-state index in [-0.39, 0.29) is 0 Å². The van der Waals surface area contributed by atoms with E-state index in [4.69, 9.17) is 4.98 Å². The third-order valence-electron chi connectivity index (χ3n) is 10.0. The molecule has 0 N–H and O–H groups in total. The normalized spacial score (nSPS) is 11.4. The molecule has 0 amide bonds. The highest BCUT2D eigenvalue weighted by Crippen LogP contribution is 2.42. The predicted molar refractivity (Wildman–Crippen MR) is 218 cm³/mol. The van der Waals surface area contributed by atoms with Crippen LogP contribution in [-0.4, -0.2) is 9.55 Å². The number of hydrogen-bond donors (Lipinski definition) is 0. The van der Waals surface area contributed by atoms with E-state index in [1.54, 1.807) is 11.3 Å². The monoisotopic (exact) mass is 679 g/mol. The Kier molecular flexibility index (Phi) is 7.06. The minimum absolute atomic E-state index is 0.648. The van der Waals surface area contributed by atoms with E-state index >= 15 is 0 Å². The molecule has 0 saturated heterocycles. The molecule has 52 heavy (non-hydrogen) atoms. The molecule has 10 rings (SSSR count). The molecule has 0 atom stereocenters. The Balaban J connectivity index is 1.19. The Morgan fingerprint density at radius 2 is 1.08 bits per heavy atom. The smallest absolute Gasteiger partial charge is 0.0998 e. The maximum absolute atomic E-state index is 10.5. The Morgan fingerprint density at radius 3 is 1.88 bits per heavy atom. The third kappa shape index (κ3) is 4.91. The van der Waals surface area contributed by atoms with Crippen LogP contribution in [0.3, 0.4) is 0 Å². The molecule has 0 saturated carbocycles. The summed E-state index contributed by atoms with van der Waals surface area (Å²) in [5, 5.41) is 15.2. The summed E-state index contributed by atoms with van der Waals surface area (Å²) in [6.45, 7) is 0. The van der Waals surface area contributed by atoms with Crippen LogP contribution in [-0.2, 0) is 0 Å². The molecule has 0 radical (unpaired) electrons. The fourth-order valence-corrected chi connectivity index (χ4v) is 8.72. The fourth-order valence-electron chi connectivity index (χ4n) is 7.63. The Bertz CT molecular complexity index is 2960. The van der Waals surface area contributed by atoms with Crippen molar-refractivity contribution in [1.29, 1.82) is 5.26 Å². The molecule has 10 aromatic rings. The van der Waals surface area contributed by atoms with Crippen LogP contribution in [0.15, 0.2) is 176 Å². The summed E-state index contributed by atoms with van der Waals surface area (Å²) in [6, 6.07) is 64.2. The summed E-state index contributed by atoms with van der Waals surface area (Å²) in [5.74, 6) is 0. The van der Waals surface area contributed by atoms with Crippen molar-refractivity contribution in [2.75, 3.05) is 0 Å². The van der Waals surface area contributed by atoms with Crippen LogP contribution < -0.4 is 0 Å². The molecule has 7 aromatic carbocycles. The van der Waals surface area contributed by atoms with Crippen LogP contribution in [0.5, 0.6) is 0 Å². The number of thiophene rings is 1. The van der Waals surface area contributed by atoms with Crippen LogP contribution in [0, 0.1) is 11.3 Å². The molecule has 0 aliphatic rings. The van der Waals surface area contributed by atoms with Crippen molar-refractivity contribution in [3.63, 3.8) is 0 Å². The van der Waals surface area contributed by atoms with Gasteiger partial charge in [-0.3, -0.25) is 0 Å². The largest absolute Gasteiger partial charge is 0.309 e. The van der Waals surface area contributed by atoms with E-state index in [1.165, 1.54) is 20.2 Å². The molecule has 0 aliphatic heterocycles. The van der Waals surface area contributed by atoms with Crippen molar-refractivity contribution in [3.8, 4) is 56.5 Å². The van der Waals surface area contributed by atoms with E-state index in [2.05, 4.69) is 162 Å². The van der Waals surface area contributed by atoms with E-state index < -0.39 is 0 Å². The number of para-hydroxylation sites is 1. The van der Waals surface area contributed by atoms with Gasteiger partial charge < -0.3 is 4.57 Å². The number of nitriles is 1. The van der Waals surface area contributed by atoms with Gasteiger partial charge in [0.25, 0.3) is 0 Å². The molecule has 0 spiro atoms. The number of nitrogens with zero attached hydrogens (tertiary/aromatic N) is 3. The van der Waals surface area contributed by atoms with Crippen LogP contribution in [0.2, 0.25) is 0 Å². The Morgan fingerprint density at radius 1 is 0.442 bits per heavy atom. The maximum Gasteiger partial charge on any atom is 0.0998 e. The van der Waals surface area contributed by atoms with Gasteiger partial charge in [0, 0.05) is 47.6 Å². The summed E-state index contributed by atoms with van der Waals surface area (Å²) in [7, 11) is 0. The third-order valence-corrected chi connectivity index (χ3v) is 11.2. The molecular weight excluding hydrogens is 651 g/mol. The van der Waals surface area contributed by atoms with Gasteiger partial charge in [0.2, 0.25) is 0 Å². The SMILES string of the molecule is N#Cc1cccc(-n2c3ccccc3c3cc(-c4cc(-c5ccccc5)cc(-c5ccccc5)n4)ccc32)c1-c1ccc2sc3ccccc3c2c1. The summed E-state index contributed by atoms with van der Waals surface area (Å²) in [5.41, 5.74) is 12.0. The highest BCUT2D eigenvalue weighted by Gasteiger charge is 2.20. The minimum atomic E-state index is 0.648. The summed E-state index contributed by atoms with van der Waals surface area (Å²) < 4.78 is 4.83. The van der Waals surface area contributed by atoms with Gasteiger partial charge in [-0.25, -0.2) is 4.98 Å². The number of hydrogen-bond acceptors (Lipinski definition) is 3. The predicted octanol–water partition coefficient (Wildman–Crippen LogP) is 13.1. The standard InChI is InChI=1S/C48H29N3S/c49-30-35-16-11-20-45(48(35)34-23-25-47-40(27-34)38-18-8-10-21-46(38)52-47)51-43-19-9-7-17-37(43)39-26-33(22-24-44(39)51)42-29-36(31-12-3-1-4-13-31)28-41(50-42)32-14-5-2-6-15-32/h1-29H. The van der Waals surface area contributed by atoms with Gasteiger partial charge in [-0.15, -0.1) is 11.3 Å². The first kappa shape index (κ1) is 30.1. The number of aromatic nitrogens is 2. The minimum Gasteiger partial charge on any atom is -0.309 e. The number of pyridine rings is 1. The zero-order chi connectivity index (χ0) is 34.6. The van der Waals surface area contributed by atoms with Crippen LogP contribution in [0.25, 0.3) is 92.4 Å². The summed E-state index contributed by atoms with van der Waals surface area (Å²) >= 11 is 1.80. The van der Waals surface area contributed by atoms with E-state index in [1.807, 2.05) is 24.3 Å². The quantitative estimate of drug-likeness (QED) is 0.182. The van der Waals surface area contributed by atoms with Gasteiger partial charge in [-0.1, -0.05) is 115 Å². The van der Waals surface area contributed by atoms with Gasteiger partial charge in [0.1, 0.15) is 0 Å². The van der Waals surface area contributed by atoms with Crippen molar-refractivity contribution >= 4 is 53.3 Å². The number of benzene rings is 7. The highest BCUT2D eigenvalue weighted by atomic mass is 32.1. The van der Waals surface area contributed by atoms with Gasteiger partial charge >= 0.3 is 0 Å². The topological polar surface area (TPSA) is 41.6 Å². The lowest BCUT2D eigenvalue weighted by Crippen LogP contribution is -1.99. The molecule has 3 aromatic heterocycles. The lowest BCUT2D eigenvalue weighted by Gasteiger charge is -2.16. The van der Waals surface area contributed by atoms with Crippen LogP contribution >= 0.6 is 11.3 Å². The summed E-state index contributed by atoms with van der Waals surface area (Å²) in [6.07, 6.45) is 0. The second-order valence-corrected chi connectivity index (χ2v) is 14.1. The Labute approximate surface area is 304 Å². The molecule has 3 nitrogen and oxygen atoms in total. The molecule has 3 heterocycles. The van der Waals surface area contributed by atoms with Crippen molar-refractivity contribution in [1.82, 2.24) is 9.55 Å². The van der Waals surface area contributed by atoms with Crippen LogP contribution in [0.1, 0.15) is 5.56 Å². The van der Waals surface area contributed by atoms with Crippen molar-refractivity contribution in [2.24, 2.45) is 0 Å². The lowest BCUT2D eigenvalue weighted by atomic mass is 9.96. The molecular formula is C48H29N3S. The first-order valence-corrected chi connectivity index (χ1v) is 18.2. The first-order chi connectivity index (χ1) is 25.7. The van der Waals surface area contributed by atoms with Crippen molar-refractivity contribution < 1.29 is 0 Å². The molecule has 0 fully saturated rings. The lowest BCUT2D eigenvalue weighted by molar-refractivity contribution is 1.18. The van der Waals surface area contributed by atoms with E-state index in [0.29, 0.717) is 5.56 Å². The average molecular weight is 680 g/mol. The van der Waals surface area contributed by atoms with Gasteiger partial charge in [-0.2, -0.15) is 5.26 Å². The average Bonchev–Trinajstić information content (AvgIpc) is 3.76. The zero-order valence-electron chi connectivity index (χ0n) is 28.0. The van der Waals surface area contributed by atoms with Gasteiger partial charge in [0.05, 0.1) is 39.7 Å². The molecule has 0 aliphatic carbocycles. The zero-order valence-corrected chi connectivity index (χ0v) is 28.8. The second-order valence-electron chi connectivity index (χ2n) is 13.1. The fraction of sp³-hybridized carbons (Fsp3) is 0. The van der Waals surface area contributed by atoms with Crippen LogP contribution in [0.4, 0.5) is 0 Å². The molecule has 242 valence electrons. The number of rotatable bonds is 5. The molecule has 0 bridgehead atoms. The van der Waals surface area contributed by atoms with E-state index in [0.717, 1.165) is 72.3 Å². The molecule has 0 unspecified atom stereocenters. The Hall–Kier alpha value is -6.80. The summed E-state index contributed by atoms with van der Waals surface area (Å²) in [4.78, 5) is 5.23. The number of fused-ring (bicyclic) bond motifs is 6.